The van der Waals surface area contributed by atoms with Gasteiger partial charge in [-0.05, 0) is 17.5 Å². The van der Waals surface area contributed by atoms with Gasteiger partial charge in [-0.3, -0.25) is 0 Å². The monoisotopic (exact) mass is 265 g/mol. The lowest BCUT2D eigenvalue weighted by Gasteiger charge is -2.08. The number of aliphatic hydroxyl groups excluding tert-OH is 1. The molecule has 0 fully saturated rings. The molecule has 18 heavy (non-hydrogen) atoms. The van der Waals surface area contributed by atoms with Crippen LogP contribution in [0.5, 0.6) is 0 Å². The maximum absolute atomic E-state index is 8.89. The van der Waals surface area contributed by atoms with Crippen molar-refractivity contribution >= 4 is 12.4 Å². The van der Waals surface area contributed by atoms with Crippen LogP contribution in [0.15, 0.2) is 43.0 Å². The summed E-state index contributed by atoms with van der Waals surface area (Å²) in [5.41, 5.74) is 8.87. The van der Waals surface area contributed by atoms with Crippen molar-refractivity contribution in [3.8, 4) is 11.1 Å². The molecule has 0 aliphatic rings. The summed E-state index contributed by atoms with van der Waals surface area (Å²) in [6, 6.07) is 7.85. The van der Waals surface area contributed by atoms with Gasteiger partial charge in [0.15, 0.2) is 0 Å². The molecule has 1 heterocycles. The van der Waals surface area contributed by atoms with Gasteiger partial charge in [0.25, 0.3) is 0 Å². The minimum Gasteiger partial charge on any atom is -0.395 e. The average Bonchev–Trinajstić information content (AvgIpc) is 2.40. The quantitative estimate of drug-likeness (QED) is 0.877. The average molecular weight is 266 g/mol. The number of aromatic nitrogens is 2. The Kier molecular flexibility index (Phi) is 5.71. The van der Waals surface area contributed by atoms with Crippen LogP contribution in [0.25, 0.3) is 11.1 Å². The number of hydrogen-bond acceptors (Lipinski definition) is 4. The number of hydrogen-bond donors (Lipinski definition) is 2. The molecule has 1 aromatic carbocycles. The van der Waals surface area contributed by atoms with Crippen LogP contribution in [-0.4, -0.2) is 27.7 Å². The van der Waals surface area contributed by atoms with Crippen LogP contribution in [-0.2, 0) is 6.42 Å². The molecule has 0 aliphatic heterocycles. The van der Waals surface area contributed by atoms with Crippen molar-refractivity contribution in [1.82, 2.24) is 9.97 Å². The van der Waals surface area contributed by atoms with Gasteiger partial charge in [-0.1, -0.05) is 24.3 Å². The predicted octanol–water partition coefficient (Wildman–Crippen LogP) is 1.43. The summed E-state index contributed by atoms with van der Waals surface area (Å²) in [5.74, 6) is 0. The van der Waals surface area contributed by atoms with Gasteiger partial charge in [-0.25, -0.2) is 9.97 Å². The number of nitrogens with zero attached hydrogens (tertiary/aromatic N) is 2. The molecule has 0 saturated heterocycles. The fourth-order valence-electron chi connectivity index (χ4n) is 1.65. The second kappa shape index (κ2) is 7.06. The summed E-state index contributed by atoms with van der Waals surface area (Å²) in [5, 5.41) is 8.89. The van der Waals surface area contributed by atoms with E-state index in [1.54, 1.807) is 12.4 Å². The molecular weight excluding hydrogens is 250 g/mol. The first-order chi connectivity index (χ1) is 8.29. The summed E-state index contributed by atoms with van der Waals surface area (Å²) in [6.07, 6.45) is 5.75. The third kappa shape index (κ3) is 3.77. The smallest absolute Gasteiger partial charge is 0.115 e. The standard InChI is InChI=1S/C13H15N3O.ClH/c14-13(8-17)5-10-1-3-11(4-2-10)12-6-15-9-16-7-12;/h1-4,6-7,9,13,17H,5,8,14H2;1H. The highest BCUT2D eigenvalue weighted by Crippen LogP contribution is 2.17. The highest BCUT2D eigenvalue weighted by atomic mass is 35.5. The minimum atomic E-state index is -0.194. The van der Waals surface area contributed by atoms with E-state index in [0.717, 1.165) is 16.7 Å². The largest absolute Gasteiger partial charge is 0.395 e. The summed E-state index contributed by atoms with van der Waals surface area (Å²) in [6.45, 7) is 0.00821. The molecule has 0 radical (unpaired) electrons. The minimum absolute atomic E-state index is 0. The molecule has 1 aromatic heterocycles. The van der Waals surface area contributed by atoms with Crippen molar-refractivity contribution in [2.24, 2.45) is 5.73 Å². The third-order valence-corrected chi connectivity index (χ3v) is 2.58. The Bertz CT molecular complexity index is 461. The Labute approximate surface area is 112 Å². The van der Waals surface area contributed by atoms with Gasteiger partial charge >= 0.3 is 0 Å². The van der Waals surface area contributed by atoms with Gasteiger partial charge in [0.1, 0.15) is 6.33 Å². The Morgan fingerprint density at radius 3 is 2.22 bits per heavy atom. The Morgan fingerprint density at radius 2 is 1.67 bits per heavy atom. The predicted molar refractivity (Wildman–Crippen MR) is 73.5 cm³/mol. The molecule has 5 heteroatoms. The first-order valence-electron chi connectivity index (χ1n) is 5.50. The molecule has 0 bridgehead atoms. The highest BCUT2D eigenvalue weighted by molar-refractivity contribution is 5.85. The number of rotatable bonds is 4. The first-order valence-corrected chi connectivity index (χ1v) is 5.50. The van der Waals surface area contributed by atoms with Crippen LogP contribution in [0.4, 0.5) is 0 Å². The molecule has 1 atom stereocenters. The van der Waals surface area contributed by atoms with E-state index in [4.69, 9.17) is 10.8 Å². The summed E-state index contributed by atoms with van der Waals surface area (Å²) < 4.78 is 0. The normalized spacial score (nSPS) is 11.7. The van der Waals surface area contributed by atoms with Crippen molar-refractivity contribution in [1.29, 1.82) is 0 Å². The van der Waals surface area contributed by atoms with E-state index in [9.17, 15) is 0 Å². The molecule has 2 rings (SSSR count). The van der Waals surface area contributed by atoms with E-state index >= 15 is 0 Å². The van der Waals surface area contributed by atoms with Crippen molar-refractivity contribution < 1.29 is 5.11 Å². The molecule has 4 nitrogen and oxygen atoms in total. The van der Waals surface area contributed by atoms with Crippen LogP contribution < -0.4 is 5.73 Å². The van der Waals surface area contributed by atoms with Crippen LogP contribution in [0.3, 0.4) is 0 Å². The van der Waals surface area contributed by atoms with E-state index in [-0.39, 0.29) is 25.1 Å². The maximum atomic E-state index is 8.89. The van der Waals surface area contributed by atoms with Crippen LogP contribution in [0.2, 0.25) is 0 Å². The van der Waals surface area contributed by atoms with E-state index < -0.39 is 0 Å². The lowest BCUT2D eigenvalue weighted by molar-refractivity contribution is 0.265. The van der Waals surface area contributed by atoms with E-state index in [2.05, 4.69) is 9.97 Å². The lowest BCUT2D eigenvalue weighted by atomic mass is 10.0. The molecule has 2 aromatic rings. The zero-order chi connectivity index (χ0) is 12.1. The van der Waals surface area contributed by atoms with E-state index in [1.165, 1.54) is 6.33 Å². The molecule has 0 saturated carbocycles. The summed E-state index contributed by atoms with van der Waals surface area (Å²) in [4.78, 5) is 7.96. The lowest BCUT2D eigenvalue weighted by Crippen LogP contribution is -2.26. The van der Waals surface area contributed by atoms with Crippen LogP contribution in [0.1, 0.15) is 5.56 Å². The van der Waals surface area contributed by atoms with Gasteiger partial charge in [-0.2, -0.15) is 0 Å². The topological polar surface area (TPSA) is 72.0 Å². The van der Waals surface area contributed by atoms with Gasteiger partial charge in [-0.15, -0.1) is 12.4 Å². The second-order valence-electron chi connectivity index (χ2n) is 3.97. The van der Waals surface area contributed by atoms with Crippen molar-refractivity contribution in [2.75, 3.05) is 6.61 Å². The van der Waals surface area contributed by atoms with Crippen molar-refractivity contribution in [3.63, 3.8) is 0 Å². The van der Waals surface area contributed by atoms with Crippen LogP contribution in [0, 0.1) is 0 Å². The summed E-state index contributed by atoms with van der Waals surface area (Å²) >= 11 is 0. The second-order valence-corrected chi connectivity index (χ2v) is 3.97. The molecule has 0 amide bonds. The Balaban J connectivity index is 0.00000162. The third-order valence-electron chi connectivity index (χ3n) is 2.58. The number of nitrogens with two attached hydrogens (primary N) is 1. The van der Waals surface area contributed by atoms with Gasteiger partial charge in [0, 0.05) is 24.0 Å². The Hall–Kier alpha value is -1.49. The molecular formula is C13H16ClN3O. The highest BCUT2D eigenvalue weighted by Gasteiger charge is 2.03. The van der Waals surface area contributed by atoms with Gasteiger partial charge < -0.3 is 10.8 Å². The Morgan fingerprint density at radius 1 is 1.06 bits per heavy atom. The molecule has 96 valence electrons. The van der Waals surface area contributed by atoms with Gasteiger partial charge in [0.05, 0.1) is 6.61 Å². The van der Waals surface area contributed by atoms with Gasteiger partial charge in [0.2, 0.25) is 0 Å². The molecule has 0 aliphatic carbocycles. The van der Waals surface area contributed by atoms with Crippen molar-refractivity contribution in [3.05, 3.63) is 48.5 Å². The SMILES string of the molecule is Cl.NC(CO)Cc1ccc(-c2cncnc2)cc1. The zero-order valence-corrected chi connectivity index (χ0v) is 10.7. The van der Waals surface area contributed by atoms with Crippen molar-refractivity contribution in [2.45, 2.75) is 12.5 Å². The first kappa shape index (κ1) is 14.6. The number of aliphatic hydroxyl groups is 1. The fraction of sp³-hybridized carbons (Fsp3) is 0.231. The van der Waals surface area contributed by atoms with E-state index in [0.29, 0.717) is 6.42 Å². The fourth-order valence-corrected chi connectivity index (χ4v) is 1.65. The molecule has 0 spiro atoms. The summed E-state index contributed by atoms with van der Waals surface area (Å²) in [7, 11) is 0. The maximum Gasteiger partial charge on any atom is 0.115 e. The molecule has 3 N–H and O–H groups in total. The number of benzene rings is 1. The zero-order valence-electron chi connectivity index (χ0n) is 9.86. The van der Waals surface area contributed by atoms with Crippen LogP contribution >= 0.6 is 12.4 Å². The number of halogens is 1. The van der Waals surface area contributed by atoms with E-state index in [1.807, 2.05) is 24.3 Å². The molecule has 1 unspecified atom stereocenters.